The molecule has 3 heteroatoms. The molecule has 2 rings (SSSR count). The van der Waals surface area contributed by atoms with Gasteiger partial charge in [0.05, 0.1) is 7.11 Å². The first-order valence-electron chi connectivity index (χ1n) is 6.18. The van der Waals surface area contributed by atoms with Gasteiger partial charge >= 0.3 is 5.97 Å². The first-order valence-corrected chi connectivity index (χ1v) is 6.18. The van der Waals surface area contributed by atoms with Gasteiger partial charge in [0.2, 0.25) is 0 Å². The molecular weight excluding hydrogens is 226 g/mol. The highest BCUT2D eigenvalue weighted by atomic mass is 16.5. The quantitative estimate of drug-likeness (QED) is 0.652. The Morgan fingerprint density at radius 1 is 1.61 bits per heavy atom. The van der Waals surface area contributed by atoms with Gasteiger partial charge in [-0.1, -0.05) is 29.8 Å². The van der Waals surface area contributed by atoms with Gasteiger partial charge in [0.15, 0.2) is 0 Å². The summed E-state index contributed by atoms with van der Waals surface area (Å²) in [5.74, 6) is -0.214. The summed E-state index contributed by atoms with van der Waals surface area (Å²) in [5.41, 5.74) is 2.73. The van der Waals surface area contributed by atoms with Crippen molar-refractivity contribution in [2.45, 2.75) is 25.3 Å². The lowest BCUT2D eigenvalue weighted by molar-refractivity contribution is -0.149. The van der Waals surface area contributed by atoms with Crippen LogP contribution in [0.3, 0.4) is 0 Å². The Hall–Kier alpha value is -1.61. The van der Waals surface area contributed by atoms with Crippen LogP contribution in [-0.2, 0) is 21.5 Å². The summed E-state index contributed by atoms with van der Waals surface area (Å²) in [6.45, 7) is 6.32. The van der Waals surface area contributed by atoms with Gasteiger partial charge in [0, 0.05) is 6.54 Å². The average Bonchev–Trinajstić information content (AvgIpc) is 2.75. The molecule has 1 unspecified atom stereocenters. The maximum Gasteiger partial charge on any atom is 0.330 e. The second-order valence-electron chi connectivity index (χ2n) is 4.73. The summed E-state index contributed by atoms with van der Waals surface area (Å²) in [7, 11) is 1.44. The zero-order valence-corrected chi connectivity index (χ0v) is 11.0. The molecule has 0 saturated carbocycles. The molecule has 0 aliphatic heterocycles. The minimum Gasteiger partial charge on any atom is -0.467 e. The Balaban J connectivity index is 2.47. The van der Waals surface area contributed by atoms with Crippen LogP contribution in [0.2, 0.25) is 0 Å². The number of carbonyl (C=O) groups is 1. The number of nitrogens with one attached hydrogen (secondary N) is 1. The number of hydrogen-bond donors (Lipinski definition) is 1. The van der Waals surface area contributed by atoms with Gasteiger partial charge in [-0.2, -0.15) is 0 Å². The second-order valence-corrected chi connectivity index (χ2v) is 4.73. The van der Waals surface area contributed by atoms with E-state index >= 15 is 0 Å². The molecular formula is C15H19NO2. The molecule has 0 amide bonds. The monoisotopic (exact) mass is 245 g/mol. The first-order chi connectivity index (χ1) is 8.64. The van der Waals surface area contributed by atoms with Crippen molar-refractivity contribution < 1.29 is 9.53 Å². The molecule has 0 radical (unpaired) electrons. The Bertz CT molecular complexity index is 481. The van der Waals surface area contributed by atoms with Crippen LogP contribution in [0.5, 0.6) is 0 Å². The maximum atomic E-state index is 12.2. The van der Waals surface area contributed by atoms with Crippen LogP contribution in [-0.4, -0.2) is 19.6 Å². The first kappa shape index (κ1) is 12.8. The number of ether oxygens (including phenoxy) is 1. The van der Waals surface area contributed by atoms with Gasteiger partial charge in [0.25, 0.3) is 0 Å². The van der Waals surface area contributed by atoms with E-state index in [9.17, 15) is 4.79 Å². The van der Waals surface area contributed by atoms with Crippen molar-refractivity contribution in [3.8, 4) is 0 Å². The maximum absolute atomic E-state index is 12.2. The van der Waals surface area contributed by atoms with E-state index in [0.29, 0.717) is 6.54 Å². The minimum atomic E-state index is -0.704. The lowest BCUT2D eigenvalue weighted by Gasteiger charge is -2.28. The van der Waals surface area contributed by atoms with Crippen LogP contribution in [0.4, 0.5) is 0 Å². The number of fused-ring (bicyclic) bond motifs is 1. The van der Waals surface area contributed by atoms with Crippen molar-refractivity contribution in [3.05, 3.63) is 47.5 Å². The zero-order chi connectivity index (χ0) is 13.2. The molecule has 1 aliphatic carbocycles. The molecule has 0 bridgehead atoms. The fourth-order valence-electron chi connectivity index (χ4n) is 2.65. The zero-order valence-electron chi connectivity index (χ0n) is 11.0. The highest BCUT2D eigenvalue weighted by Gasteiger charge is 2.45. The molecule has 0 spiro atoms. The third-order valence-corrected chi connectivity index (χ3v) is 3.58. The van der Waals surface area contributed by atoms with E-state index in [0.717, 1.165) is 24.0 Å². The summed E-state index contributed by atoms with van der Waals surface area (Å²) in [4.78, 5) is 12.2. The Labute approximate surface area is 108 Å². The smallest absolute Gasteiger partial charge is 0.330 e. The summed E-state index contributed by atoms with van der Waals surface area (Å²) in [5, 5.41) is 3.29. The van der Waals surface area contributed by atoms with Crippen molar-refractivity contribution in [2.75, 3.05) is 13.7 Å². The number of carbonyl (C=O) groups excluding carboxylic acids is 1. The molecule has 0 fully saturated rings. The number of hydrogen-bond acceptors (Lipinski definition) is 3. The van der Waals surface area contributed by atoms with E-state index < -0.39 is 5.54 Å². The highest BCUT2D eigenvalue weighted by molar-refractivity contribution is 5.84. The van der Waals surface area contributed by atoms with Gasteiger partial charge in [-0.25, -0.2) is 4.79 Å². The van der Waals surface area contributed by atoms with Crippen molar-refractivity contribution in [3.63, 3.8) is 0 Å². The number of aryl methyl sites for hydroxylation is 2. The van der Waals surface area contributed by atoms with Crippen molar-refractivity contribution in [1.82, 2.24) is 5.32 Å². The number of esters is 1. The van der Waals surface area contributed by atoms with E-state index in [4.69, 9.17) is 4.74 Å². The molecule has 0 saturated heterocycles. The van der Waals surface area contributed by atoms with Crippen LogP contribution < -0.4 is 5.32 Å². The fraction of sp³-hybridized carbons (Fsp3) is 0.400. The van der Waals surface area contributed by atoms with E-state index in [2.05, 4.69) is 30.1 Å². The molecule has 18 heavy (non-hydrogen) atoms. The van der Waals surface area contributed by atoms with Gasteiger partial charge in [0.1, 0.15) is 5.54 Å². The fourth-order valence-corrected chi connectivity index (χ4v) is 2.65. The summed E-state index contributed by atoms with van der Waals surface area (Å²) in [6, 6.07) is 6.26. The van der Waals surface area contributed by atoms with Crippen molar-refractivity contribution >= 4 is 5.97 Å². The van der Waals surface area contributed by atoms with Gasteiger partial charge in [-0.3, -0.25) is 5.32 Å². The largest absolute Gasteiger partial charge is 0.467 e. The van der Waals surface area contributed by atoms with Gasteiger partial charge < -0.3 is 4.74 Å². The Kier molecular flexibility index (Phi) is 3.53. The number of rotatable bonds is 4. The predicted molar refractivity (Wildman–Crippen MR) is 71.4 cm³/mol. The summed E-state index contributed by atoms with van der Waals surface area (Å²) >= 11 is 0. The lowest BCUT2D eigenvalue weighted by atomic mass is 9.90. The molecule has 1 N–H and O–H groups in total. The molecule has 96 valence electrons. The SMILES string of the molecule is C=CCNC1(C(=O)OC)CCc2ccc(C)cc21. The van der Waals surface area contributed by atoms with Crippen LogP contribution in [0, 0.1) is 6.92 Å². The third kappa shape index (κ3) is 1.95. The topological polar surface area (TPSA) is 38.3 Å². The van der Waals surface area contributed by atoms with Crippen molar-refractivity contribution in [2.24, 2.45) is 0 Å². The predicted octanol–water partition coefficient (Wildman–Crippen LogP) is 2.09. The van der Waals surface area contributed by atoms with Crippen molar-refractivity contribution in [1.29, 1.82) is 0 Å². The Morgan fingerprint density at radius 3 is 3.06 bits per heavy atom. The van der Waals surface area contributed by atoms with Crippen LogP contribution in [0.15, 0.2) is 30.9 Å². The molecule has 1 aromatic rings. The molecule has 3 nitrogen and oxygen atoms in total. The second kappa shape index (κ2) is 4.94. The average molecular weight is 245 g/mol. The molecule has 0 aromatic heterocycles. The molecule has 1 aliphatic rings. The van der Waals surface area contributed by atoms with Crippen LogP contribution in [0.1, 0.15) is 23.1 Å². The van der Waals surface area contributed by atoms with Crippen LogP contribution in [0.25, 0.3) is 0 Å². The molecule has 1 aromatic carbocycles. The highest BCUT2D eigenvalue weighted by Crippen LogP contribution is 2.38. The summed E-state index contributed by atoms with van der Waals surface area (Å²) < 4.78 is 5.00. The van der Waals surface area contributed by atoms with Gasteiger partial charge in [-0.15, -0.1) is 6.58 Å². The standard InChI is InChI=1S/C15H19NO2/c1-4-9-16-15(14(17)18-3)8-7-12-6-5-11(2)10-13(12)15/h4-6,10,16H,1,7-9H2,2-3H3. The summed E-state index contributed by atoms with van der Waals surface area (Å²) in [6.07, 6.45) is 3.40. The number of benzene rings is 1. The lowest BCUT2D eigenvalue weighted by Crippen LogP contribution is -2.48. The molecule has 1 atom stereocenters. The van der Waals surface area contributed by atoms with E-state index in [1.54, 1.807) is 6.08 Å². The third-order valence-electron chi connectivity index (χ3n) is 3.58. The number of methoxy groups -OCH3 is 1. The van der Waals surface area contributed by atoms with Crippen LogP contribution >= 0.6 is 0 Å². The van der Waals surface area contributed by atoms with Gasteiger partial charge in [-0.05, 0) is 30.9 Å². The van der Waals surface area contributed by atoms with E-state index in [1.807, 2.05) is 6.92 Å². The molecule has 0 heterocycles. The normalized spacial score (nSPS) is 21.4. The minimum absolute atomic E-state index is 0.214. The van der Waals surface area contributed by atoms with E-state index in [-0.39, 0.29) is 5.97 Å². The Morgan fingerprint density at radius 2 is 2.39 bits per heavy atom. The van der Waals surface area contributed by atoms with E-state index in [1.165, 1.54) is 12.7 Å².